The van der Waals surface area contributed by atoms with Crippen molar-refractivity contribution in [1.82, 2.24) is 0 Å². The van der Waals surface area contributed by atoms with Gasteiger partial charge in [0.1, 0.15) is 0 Å². The van der Waals surface area contributed by atoms with Crippen LogP contribution in [0.25, 0.3) is 0 Å². The lowest BCUT2D eigenvalue weighted by Crippen LogP contribution is -2.18. The Labute approximate surface area is 123 Å². The van der Waals surface area contributed by atoms with Gasteiger partial charge in [-0.15, -0.1) is 0 Å². The summed E-state index contributed by atoms with van der Waals surface area (Å²) in [6.07, 6.45) is 14.8. The predicted octanol–water partition coefficient (Wildman–Crippen LogP) is 5.08. The van der Waals surface area contributed by atoms with Crippen molar-refractivity contribution in [2.75, 3.05) is 13.2 Å². The summed E-state index contributed by atoms with van der Waals surface area (Å²) in [7, 11) is 0. The van der Waals surface area contributed by atoms with Gasteiger partial charge >= 0.3 is 6.16 Å². The van der Waals surface area contributed by atoms with Crippen LogP contribution in [0, 0.1) is 11.8 Å². The first-order valence-electron chi connectivity index (χ1n) is 8.64. The Morgan fingerprint density at radius 1 is 0.650 bits per heavy atom. The van der Waals surface area contributed by atoms with E-state index in [1.807, 2.05) is 0 Å². The third-order valence-electron chi connectivity index (χ3n) is 4.82. The molecule has 0 aromatic rings. The van der Waals surface area contributed by atoms with E-state index in [9.17, 15) is 4.79 Å². The largest absolute Gasteiger partial charge is 0.508 e. The van der Waals surface area contributed by atoms with Gasteiger partial charge in [0, 0.05) is 0 Å². The fourth-order valence-corrected chi connectivity index (χ4v) is 3.47. The quantitative estimate of drug-likeness (QED) is 0.533. The first kappa shape index (κ1) is 15.7. The lowest BCUT2D eigenvalue weighted by molar-refractivity contribution is 0.0315. The summed E-state index contributed by atoms with van der Waals surface area (Å²) in [5.74, 6) is 1.12. The Kier molecular flexibility index (Phi) is 7.24. The second kappa shape index (κ2) is 9.25. The van der Waals surface area contributed by atoms with Gasteiger partial charge in [0.15, 0.2) is 0 Å². The highest BCUT2D eigenvalue weighted by molar-refractivity contribution is 5.59. The number of carbonyl (C=O) groups excluding carboxylic acids is 1. The Morgan fingerprint density at radius 2 is 1.00 bits per heavy atom. The zero-order valence-corrected chi connectivity index (χ0v) is 12.8. The normalized spacial score (nSPS) is 22.8. The minimum absolute atomic E-state index is 0.446. The van der Waals surface area contributed by atoms with Gasteiger partial charge in [-0.2, -0.15) is 0 Å². The monoisotopic (exact) mass is 282 g/mol. The SMILES string of the molecule is O=C(OCC1CCCCCC1)OCC1CCCCCC1. The lowest BCUT2D eigenvalue weighted by atomic mass is 10.0. The topological polar surface area (TPSA) is 35.5 Å². The van der Waals surface area contributed by atoms with E-state index in [0.29, 0.717) is 25.0 Å². The van der Waals surface area contributed by atoms with Crippen LogP contribution in [-0.2, 0) is 9.47 Å². The molecule has 2 aliphatic rings. The van der Waals surface area contributed by atoms with Gasteiger partial charge in [-0.05, 0) is 37.5 Å². The first-order valence-corrected chi connectivity index (χ1v) is 8.64. The highest BCUT2D eigenvalue weighted by Gasteiger charge is 2.17. The van der Waals surface area contributed by atoms with Gasteiger partial charge in [-0.25, -0.2) is 4.79 Å². The summed E-state index contributed by atoms with van der Waals surface area (Å²) in [6.45, 7) is 1.12. The van der Waals surface area contributed by atoms with Crippen LogP contribution in [-0.4, -0.2) is 19.4 Å². The summed E-state index contributed by atoms with van der Waals surface area (Å²) in [5, 5.41) is 0. The highest BCUT2D eigenvalue weighted by atomic mass is 16.7. The minimum Gasteiger partial charge on any atom is -0.434 e. The molecular weight excluding hydrogens is 252 g/mol. The zero-order chi connectivity index (χ0) is 14.0. The molecule has 116 valence electrons. The molecule has 0 saturated heterocycles. The molecule has 0 atom stereocenters. The van der Waals surface area contributed by atoms with E-state index in [0.717, 1.165) is 0 Å². The van der Waals surface area contributed by atoms with Gasteiger partial charge < -0.3 is 9.47 Å². The maximum atomic E-state index is 11.7. The van der Waals surface area contributed by atoms with Gasteiger partial charge in [-0.1, -0.05) is 51.4 Å². The third-order valence-corrected chi connectivity index (χ3v) is 4.82. The first-order chi connectivity index (χ1) is 9.84. The second-order valence-corrected chi connectivity index (χ2v) is 6.59. The second-order valence-electron chi connectivity index (χ2n) is 6.59. The van der Waals surface area contributed by atoms with E-state index in [4.69, 9.17) is 9.47 Å². The molecule has 2 fully saturated rings. The molecule has 0 aliphatic heterocycles. The van der Waals surface area contributed by atoms with Crippen LogP contribution in [0.5, 0.6) is 0 Å². The van der Waals surface area contributed by atoms with Crippen molar-refractivity contribution in [2.24, 2.45) is 11.8 Å². The zero-order valence-electron chi connectivity index (χ0n) is 12.8. The molecule has 0 spiro atoms. The van der Waals surface area contributed by atoms with Crippen molar-refractivity contribution in [3.05, 3.63) is 0 Å². The maximum Gasteiger partial charge on any atom is 0.508 e. The van der Waals surface area contributed by atoms with E-state index >= 15 is 0 Å². The van der Waals surface area contributed by atoms with Crippen molar-refractivity contribution in [1.29, 1.82) is 0 Å². The van der Waals surface area contributed by atoms with E-state index in [-0.39, 0.29) is 0 Å². The minimum atomic E-state index is -0.446. The average molecular weight is 282 g/mol. The fourth-order valence-electron chi connectivity index (χ4n) is 3.47. The third kappa shape index (κ3) is 6.15. The van der Waals surface area contributed by atoms with E-state index in [1.54, 1.807) is 0 Å². The molecule has 3 nitrogen and oxygen atoms in total. The maximum absolute atomic E-state index is 11.7. The Morgan fingerprint density at radius 3 is 1.35 bits per heavy atom. The molecule has 2 aliphatic carbocycles. The van der Waals surface area contributed by atoms with Crippen LogP contribution in [0.3, 0.4) is 0 Å². The van der Waals surface area contributed by atoms with Crippen molar-refractivity contribution in [3.63, 3.8) is 0 Å². The Hall–Kier alpha value is -0.730. The Bertz CT molecular complexity index is 235. The summed E-state index contributed by atoms with van der Waals surface area (Å²) in [5.41, 5.74) is 0. The molecule has 0 aromatic carbocycles. The summed E-state index contributed by atoms with van der Waals surface area (Å²) in [6, 6.07) is 0. The van der Waals surface area contributed by atoms with Gasteiger partial charge in [0.25, 0.3) is 0 Å². The molecular formula is C17H30O3. The molecule has 0 heterocycles. The smallest absolute Gasteiger partial charge is 0.434 e. The fraction of sp³-hybridized carbons (Fsp3) is 0.941. The van der Waals surface area contributed by atoms with E-state index < -0.39 is 6.16 Å². The van der Waals surface area contributed by atoms with Gasteiger partial charge in [-0.3, -0.25) is 0 Å². The molecule has 0 radical (unpaired) electrons. The molecule has 0 amide bonds. The molecule has 0 bridgehead atoms. The van der Waals surface area contributed by atoms with E-state index in [1.165, 1.54) is 77.0 Å². The molecule has 2 saturated carbocycles. The van der Waals surface area contributed by atoms with Crippen LogP contribution >= 0.6 is 0 Å². The number of rotatable bonds is 4. The van der Waals surface area contributed by atoms with Crippen molar-refractivity contribution in [2.45, 2.75) is 77.0 Å². The van der Waals surface area contributed by atoms with Crippen LogP contribution in [0.4, 0.5) is 4.79 Å². The summed E-state index contributed by atoms with van der Waals surface area (Å²) >= 11 is 0. The summed E-state index contributed by atoms with van der Waals surface area (Å²) in [4.78, 5) is 11.7. The molecule has 3 heteroatoms. The lowest BCUT2D eigenvalue weighted by Gasteiger charge is -2.16. The van der Waals surface area contributed by atoms with Crippen LogP contribution in [0.2, 0.25) is 0 Å². The molecule has 0 unspecified atom stereocenters. The highest BCUT2D eigenvalue weighted by Crippen LogP contribution is 2.24. The number of ether oxygens (including phenoxy) is 2. The average Bonchev–Trinajstić information content (AvgIpc) is 2.87. The van der Waals surface area contributed by atoms with Gasteiger partial charge in [0.05, 0.1) is 13.2 Å². The number of hydrogen-bond acceptors (Lipinski definition) is 3. The molecule has 0 aromatic heterocycles. The van der Waals surface area contributed by atoms with Crippen molar-refractivity contribution >= 4 is 6.16 Å². The predicted molar refractivity (Wildman–Crippen MR) is 79.7 cm³/mol. The number of hydrogen-bond donors (Lipinski definition) is 0. The van der Waals surface area contributed by atoms with Crippen molar-refractivity contribution < 1.29 is 14.3 Å². The standard InChI is InChI=1S/C17H30O3/c18-17(19-13-15-9-5-1-2-6-10-15)20-14-16-11-7-3-4-8-12-16/h15-16H,1-14H2. The van der Waals surface area contributed by atoms with Gasteiger partial charge in [0.2, 0.25) is 0 Å². The van der Waals surface area contributed by atoms with Crippen LogP contribution < -0.4 is 0 Å². The van der Waals surface area contributed by atoms with Crippen LogP contribution in [0.15, 0.2) is 0 Å². The molecule has 20 heavy (non-hydrogen) atoms. The van der Waals surface area contributed by atoms with Crippen LogP contribution in [0.1, 0.15) is 77.0 Å². The molecule has 2 rings (SSSR count). The van der Waals surface area contributed by atoms with Crippen molar-refractivity contribution in [3.8, 4) is 0 Å². The Balaban J connectivity index is 1.57. The molecule has 0 N–H and O–H groups in total. The number of carbonyl (C=O) groups is 1. The van der Waals surface area contributed by atoms with E-state index in [2.05, 4.69) is 0 Å². The summed E-state index contributed by atoms with van der Waals surface area (Å²) < 4.78 is 10.6.